The van der Waals surface area contributed by atoms with E-state index in [0.717, 1.165) is 30.8 Å². The zero-order valence-corrected chi connectivity index (χ0v) is 12.1. The molecule has 1 aromatic heterocycles. The Labute approximate surface area is 115 Å². The third-order valence-electron chi connectivity index (χ3n) is 3.31. The molecule has 2 rings (SSSR count). The molecule has 1 aromatic carbocycles. The van der Waals surface area contributed by atoms with E-state index in [9.17, 15) is 0 Å². The Balaban J connectivity index is 2.02. The topological polar surface area (TPSA) is 28.2 Å². The summed E-state index contributed by atoms with van der Waals surface area (Å²) in [7, 11) is 4.17. The molecule has 0 aliphatic heterocycles. The number of nitrogens with one attached hydrogen (secondary N) is 1. The van der Waals surface area contributed by atoms with Crippen LogP contribution in [0.1, 0.15) is 17.7 Å². The van der Waals surface area contributed by atoms with Crippen LogP contribution >= 0.6 is 0 Å². The first-order chi connectivity index (χ1) is 9.19. The van der Waals surface area contributed by atoms with Gasteiger partial charge in [0.15, 0.2) is 0 Å². The lowest BCUT2D eigenvalue weighted by Gasteiger charge is -2.16. The maximum Gasteiger partial charge on any atom is 0.0705 e. The minimum atomic E-state index is 0.994. The number of aryl methyl sites for hydroxylation is 1. The molecule has 0 bridgehead atoms. The molecule has 1 heterocycles. The molecule has 19 heavy (non-hydrogen) atoms. The lowest BCUT2D eigenvalue weighted by atomic mass is 10.1. The molecule has 3 nitrogen and oxygen atoms in total. The van der Waals surface area contributed by atoms with Gasteiger partial charge >= 0.3 is 0 Å². The highest BCUT2D eigenvalue weighted by atomic mass is 15.1. The summed E-state index contributed by atoms with van der Waals surface area (Å²) >= 11 is 0. The molecule has 0 atom stereocenters. The number of fused-ring (bicyclic) bond motifs is 1. The van der Waals surface area contributed by atoms with Crippen molar-refractivity contribution in [2.45, 2.75) is 19.9 Å². The molecular formula is C16H23N3. The summed E-state index contributed by atoms with van der Waals surface area (Å²) in [6.45, 7) is 5.21. The van der Waals surface area contributed by atoms with Crippen molar-refractivity contribution in [3.8, 4) is 0 Å². The van der Waals surface area contributed by atoms with E-state index in [-0.39, 0.29) is 0 Å². The Bertz CT molecular complexity index is 537. The van der Waals surface area contributed by atoms with Gasteiger partial charge in [-0.1, -0.05) is 12.1 Å². The summed E-state index contributed by atoms with van der Waals surface area (Å²) in [5.41, 5.74) is 3.51. The lowest BCUT2D eigenvalue weighted by Crippen LogP contribution is -2.22. The number of pyridine rings is 1. The van der Waals surface area contributed by atoms with Crippen LogP contribution in [0.3, 0.4) is 0 Å². The van der Waals surface area contributed by atoms with Gasteiger partial charge in [-0.15, -0.1) is 0 Å². The molecule has 0 aliphatic rings. The second kappa shape index (κ2) is 6.64. The van der Waals surface area contributed by atoms with Gasteiger partial charge < -0.3 is 10.2 Å². The first-order valence-electron chi connectivity index (χ1n) is 6.88. The molecule has 0 saturated carbocycles. The quantitative estimate of drug-likeness (QED) is 0.806. The van der Waals surface area contributed by atoms with Crippen LogP contribution < -0.4 is 5.32 Å². The number of nitrogens with zero attached hydrogens (tertiary/aromatic N) is 2. The van der Waals surface area contributed by atoms with E-state index in [1.807, 2.05) is 14.0 Å². The van der Waals surface area contributed by atoms with Crippen molar-refractivity contribution in [3.05, 3.63) is 41.6 Å². The number of benzene rings is 1. The summed E-state index contributed by atoms with van der Waals surface area (Å²) in [4.78, 5) is 6.90. The Morgan fingerprint density at radius 2 is 2.05 bits per heavy atom. The Hall–Kier alpha value is -1.45. The molecule has 0 spiro atoms. The first-order valence-corrected chi connectivity index (χ1v) is 6.88. The molecule has 2 aromatic rings. The molecule has 0 amide bonds. The van der Waals surface area contributed by atoms with E-state index in [1.54, 1.807) is 0 Å². The lowest BCUT2D eigenvalue weighted by molar-refractivity contribution is 0.321. The maximum atomic E-state index is 4.53. The van der Waals surface area contributed by atoms with Gasteiger partial charge in [0.1, 0.15) is 0 Å². The van der Waals surface area contributed by atoms with E-state index < -0.39 is 0 Å². The zero-order valence-electron chi connectivity index (χ0n) is 12.1. The number of aromatic nitrogens is 1. The van der Waals surface area contributed by atoms with E-state index in [2.05, 4.69) is 52.6 Å². The van der Waals surface area contributed by atoms with Crippen molar-refractivity contribution in [2.24, 2.45) is 0 Å². The molecule has 0 fully saturated rings. The van der Waals surface area contributed by atoms with Crippen molar-refractivity contribution in [3.63, 3.8) is 0 Å². The summed E-state index contributed by atoms with van der Waals surface area (Å²) < 4.78 is 0. The standard InChI is InChI=1S/C16H23N3/c1-13-5-7-15-11-14(6-8-16(15)18-13)12-19(3)10-4-9-17-2/h5-8,11,17H,4,9-10,12H2,1-3H3. The average molecular weight is 257 g/mol. The molecule has 102 valence electrons. The predicted octanol–water partition coefficient (Wildman–Crippen LogP) is 2.58. The van der Waals surface area contributed by atoms with Gasteiger partial charge in [-0.3, -0.25) is 4.98 Å². The summed E-state index contributed by atoms with van der Waals surface area (Å²) in [6.07, 6.45) is 1.18. The minimum absolute atomic E-state index is 0.994. The zero-order chi connectivity index (χ0) is 13.7. The van der Waals surface area contributed by atoms with Crippen LogP contribution in [0.15, 0.2) is 30.3 Å². The van der Waals surface area contributed by atoms with Gasteiger partial charge in [0.05, 0.1) is 5.52 Å². The second-order valence-electron chi connectivity index (χ2n) is 5.17. The van der Waals surface area contributed by atoms with Gasteiger partial charge in [0.2, 0.25) is 0 Å². The third-order valence-corrected chi connectivity index (χ3v) is 3.31. The highest BCUT2D eigenvalue weighted by Crippen LogP contribution is 2.15. The molecule has 1 N–H and O–H groups in total. The SMILES string of the molecule is CNCCCN(C)Cc1ccc2nc(C)ccc2c1. The van der Waals surface area contributed by atoms with Crippen molar-refractivity contribution >= 4 is 10.9 Å². The van der Waals surface area contributed by atoms with Crippen LogP contribution in [0.2, 0.25) is 0 Å². The molecule has 0 aliphatic carbocycles. The van der Waals surface area contributed by atoms with Gasteiger partial charge in [-0.25, -0.2) is 0 Å². The van der Waals surface area contributed by atoms with E-state index in [4.69, 9.17) is 0 Å². The molecule has 3 heteroatoms. The van der Waals surface area contributed by atoms with Crippen LogP contribution in [-0.2, 0) is 6.54 Å². The van der Waals surface area contributed by atoms with E-state index >= 15 is 0 Å². The molecular weight excluding hydrogens is 234 g/mol. The van der Waals surface area contributed by atoms with Crippen molar-refractivity contribution in [1.82, 2.24) is 15.2 Å². The van der Waals surface area contributed by atoms with Gasteiger partial charge in [-0.2, -0.15) is 0 Å². The first kappa shape index (κ1) is 14.0. The summed E-state index contributed by atoms with van der Waals surface area (Å²) in [5, 5.41) is 4.41. The van der Waals surface area contributed by atoms with E-state index in [0.29, 0.717) is 0 Å². The fraction of sp³-hybridized carbons (Fsp3) is 0.438. The molecule has 0 saturated heterocycles. The van der Waals surface area contributed by atoms with Crippen LogP contribution in [0, 0.1) is 6.92 Å². The number of rotatable bonds is 6. The highest BCUT2D eigenvalue weighted by molar-refractivity contribution is 5.79. The Morgan fingerprint density at radius 3 is 2.84 bits per heavy atom. The van der Waals surface area contributed by atoms with Crippen LogP contribution in [0.5, 0.6) is 0 Å². The van der Waals surface area contributed by atoms with E-state index in [1.165, 1.54) is 17.4 Å². The van der Waals surface area contributed by atoms with Crippen LogP contribution in [0.25, 0.3) is 10.9 Å². The largest absolute Gasteiger partial charge is 0.320 e. The number of hydrogen-bond acceptors (Lipinski definition) is 3. The summed E-state index contributed by atoms with van der Waals surface area (Å²) in [6, 6.07) is 10.8. The number of hydrogen-bond donors (Lipinski definition) is 1. The van der Waals surface area contributed by atoms with Crippen molar-refractivity contribution < 1.29 is 0 Å². The molecule has 0 radical (unpaired) electrons. The second-order valence-corrected chi connectivity index (χ2v) is 5.17. The Morgan fingerprint density at radius 1 is 1.21 bits per heavy atom. The molecule has 0 unspecified atom stereocenters. The van der Waals surface area contributed by atoms with Gasteiger partial charge in [0.25, 0.3) is 0 Å². The maximum absolute atomic E-state index is 4.53. The van der Waals surface area contributed by atoms with Gasteiger partial charge in [-0.05, 0) is 64.3 Å². The normalized spacial score (nSPS) is 11.4. The minimum Gasteiger partial charge on any atom is -0.320 e. The van der Waals surface area contributed by atoms with Crippen molar-refractivity contribution in [1.29, 1.82) is 0 Å². The van der Waals surface area contributed by atoms with Crippen LogP contribution in [0.4, 0.5) is 0 Å². The smallest absolute Gasteiger partial charge is 0.0705 e. The average Bonchev–Trinajstić information content (AvgIpc) is 2.39. The van der Waals surface area contributed by atoms with Gasteiger partial charge in [0, 0.05) is 17.6 Å². The monoisotopic (exact) mass is 257 g/mol. The van der Waals surface area contributed by atoms with Crippen molar-refractivity contribution in [2.75, 3.05) is 27.2 Å². The fourth-order valence-corrected chi connectivity index (χ4v) is 2.29. The third kappa shape index (κ3) is 4.01. The fourth-order valence-electron chi connectivity index (χ4n) is 2.29. The predicted molar refractivity (Wildman–Crippen MR) is 81.4 cm³/mol. The summed E-state index contributed by atoms with van der Waals surface area (Å²) in [5.74, 6) is 0. The Kier molecular flexibility index (Phi) is 4.88. The highest BCUT2D eigenvalue weighted by Gasteiger charge is 2.02. The van der Waals surface area contributed by atoms with Crippen LogP contribution in [-0.4, -0.2) is 37.1 Å².